The molecule has 3 aromatic heterocycles. The number of carbonyl (C=O) groups excluding carboxylic acids is 2. The molecule has 0 aliphatic rings. The molecule has 2 N–H and O–H groups in total. The van der Waals surface area contributed by atoms with Crippen molar-refractivity contribution in [3.63, 3.8) is 0 Å². The second kappa shape index (κ2) is 10.1. The Kier molecular flexibility index (Phi) is 7.21. The van der Waals surface area contributed by atoms with E-state index in [1.54, 1.807) is 13.0 Å². The molecule has 0 fully saturated rings. The summed E-state index contributed by atoms with van der Waals surface area (Å²) in [5, 5.41) is 5.74. The summed E-state index contributed by atoms with van der Waals surface area (Å²) >= 11 is 0. The summed E-state index contributed by atoms with van der Waals surface area (Å²) in [7, 11) is 0. The summed E-state index contributed by atoms with van der Waals surface area (Å²) in [5.74, 6) is -3.00. The van der Waals surface area contributed by atoms with Crippen LogP contribution < -0.4 is 15.4 Å². The van der Waals surface area contributed by atoms with Gasteiger partial charge in [0, 0.05) is 37.3 Å². The molecule has 0 aliphatic carbocycles. The van der Waals surface area contributed by atoms with Crippen LogP contribution >= 0.6 is 0 Å². The van der Waals surface area contributed by atoms with Gasteiger partial charge in [-0.2, -0.15) is 0 Å². The number of carbonyl (C=O) groups is 2. The zero-order valence-electron chi connectivity index (χ0n) is 17.4. The standard InChI is InChI=1S/C21H21F2N5O4/c1-13-5-15(27-9-17(13)31-11-21(2,22)23)6-24-7-16-14(10-29)3-4-26-19(16)28-20(30)18-8-25-12-32-18/h3-5,8-10,12,24H,6-7,11H2,1-2H3,(H,26,28,30). The monoisotopic (exact) mass is 445 g/mol. The molecular weight excluding hydrogens is 424 g/mol. The number of aldehydes is 1. The Morgan fingerprint density at radius 1 is 1.28 bits per heavy atom. The Hall–Kier alpha value is -3.73. The van der Waals surface area contributed by atoms with E-state index < -0.39 is 18.4 Å². The van der Waals surface area contributed by atoms with Crippen molar-refractivity contribution in [1.82, 2.24) is 20.3 Å². The first-order chi connectivity index (χ1) is 15.3. The number of amides is 1. The van der Waals surface area contributed by atoms with Crippen molar-refractivity contribution in [1.29, 1.82) is 0 Å². The Morgan fingerprint density at radius 2 is 2.09 bits per heavy atom. The van der Waals surface area contributed by atoms with E-state index in [-0.39, 0.29) is 23.9 Å². The molecule has 3 aromatic rings. The molecular formula is C21H21F2N5O4. The normalized spacial score (nSPS) is 11.2. The minimum absolute atomic E-state index is 0.00466. The Bertz CT molecular complexity index is 1080. The number of rotatable bonds is 10. The number of pyridine rings is 2. The van der Waals surface area contributed by atoms with Gasteiger partial charge in [-0.05, 0) is 24.6 Å². The molecule has 0 saturated heterocycles. The largest absolute Gasteiger partial charge is 0.485 e. The van der Waals surface area contributed by atoms with Crippen molar-refractivity contribution in [3.8, 4) is 5.75 Å². The summed E-state index contributed by atoms with van der Waals surface area (Å²) in [5.41, 5.74) is 2.14. The smallest absolute Gasteiger partial charge is 0.294 e. The number of aromatic nitrogens is 3. The first kappa shape index (κ1) is 22.9. The predicted octanol–water partition coefficient (Wildman–Crippen LogP) is 3.16. The number of nitrogens with zero attached hydrogens (tertiary/aromatic N) is 3. The van der Waals surface area contributed by atoms with E-state index in [1.165, 1.54) is 24.7 Å². The molecule has 32 heavy (non-hydrogen) atoms. The van der Waals surface area contributed by atoms with Crippen LogP contribution in [-0.2, 0) is 13.1 Å². The lowest BCUT2D eigenvalue weighted by Crippen LogP contribution is -2.21. The fourth-order valence-electron chi connectivity index (χ4n) is 2.78. The predicted molar refractivity (Wildman–Crippen MR) is 110 cm³/mol. The van der Waals surface area contributed by atoms with E-state index in [0.29, 0.717) is 35.2 Å². The third-order valence-electron chi connectivity index (χ3n) is 4.32. The Labute approximate surface area is 182 Å². The van der Waals surface area contributed by atoms with Crippen molar-refractivity contribution >= 4 is 18.0 Å². The molecule has 0 aromatic carbocycles. The summed E-state index contributed by atoms with van der Waals surface area (Å²) in [6.07, 6.45) is 5.86. The molecule has 9 nitrogen and oxygen atoms in total. The highest BCUT2D eigenvalue weighted by Crippen LogP contribution is 2.21. The number of hydrogen-bond donors (Lipinski definition) is 2. The number of halogens is 2. The summed E-state index contributed by atoms with van der Waals surface area (Å²) < 4.78 is 36.0. The van der Waals surface area contributed by atoms with Crippen LogP contribution in [0.3, 0.4) is 0 Å². The van der Waals surface area contributed by atoms with Gasteiger partial charge in [0.05, 0.1) is 18.1 Å². The van der Waals surface area contributed by atoms with Gasteiger partial charge in [0.1, 0.15) is 11.6 Å². The van der Waals surface area contributed by atoms with Gasteiger partial charge in [0.2, 0.25) is 5.76 Å². The highest BCUT2D eigenvalue weighted by molar-refractivity contribution is 6.02. The number of hydrogen-bond acceptors (Lipinski definition) is 8. The van der Waals surface area contributed by atoms with E-state index in [1.807, 2.05) is 0 Å². The molecule has 0 bridgehead atoms. The minimum atomic E-state index is -2.94. The van der Waals surface area contributed by atoms with Crippen LogP contribution in [0, 0.1) is 6.92 Å². The average Bonchev–Trinajstić information content (AvgIpc) is 3.28. The van der Waals surface area contributed by atoms with Crippen molar-refractivity contribution in [2.24, 2.45) is 0 Å². The summed E-state index contributed by atoms with van der Waals surface area (Å²) in [6.45, 7) is 2.30. The molecule has 0 aliphatic heterocycles. The van der Waals surface area contributed by atoms with Gasteiger partial charge in [0.25, 0.3) is 11.8 Å². The Balaban J connectivity index is 1.66. The van der Waals surface area contributed by atoms with Crippen LogP contribution in [0.4, 0.5) is 14.6 Å². The maximum absolute atomic E-state index is 13.0. The lowest BCUT2D eigenvalue weighted by atomic mass is 10.1. The molecule has 168 valence electrons. The zero-order chi connectivity index (χ0) is 23.1. The fraction of sp³-hybridized carbons (Fsp3) is 0.286. The van der Waals surface area contributed by atoms with Crippen LogP contribution in [0.1, 0.15) is 44.7 Å². The van der Waals surface area contributed by atoms with Gasteiger partial charge >= 0.3 is 0 Å². The quantitative estimate of drug-likeness (QED) is 0.457. The van der Waals surface area contributed by atoms with Crippen LogP contribution in [-0.4, -0.2) is 39.7 Å². The number of oxazole rings is 1. The Morgan fingerprint density at radius 3 is 2.75 bits per heavy atom. The van der Waals surface area contributed by atoms with E-state index >= 15 is 0 Å². The first-order valence-electron chi connectivity index (χ1n) is 9.56. The molecule has 3 heterocycles. The van der Waals surface area contributed by atoms with Gasteiger partial charge < -0.3 is 19.8 Å². The molecule has 0 radical (unpaired) electrons. The van der Waals surface area contributed by atoms with Crippen molar-refractivity contribution in [2.75, 3.05) is 11.9 Å². The zero-order valence-corrected chi connectivity index (χ0v) is 17.4. The second-order valence-electron chi connectivity index (χ2n) is 7.07. The molecule has 0 unspecified atom stereocenters. The molecule has 3 rings (SSSR count). The van der Waals surface area contributed by atoms with Crippen molar-refractivity contribution in [2.45, 2.75) is 32.9 Å². The number of ether oxygens (including phenoxy) is 1. The highest BCUT2D eigenvalue weighted by atomic mass is 19.3. The average molecular weight is 445 g/mol. The molecule has 0 atom stereocenters. The van der Waals surface area contributed by atoms with Crippen LogP contribution in [0.25, 0.3) is 0 Å². The van der Waals surface area contributed by atoms with Crippen LogP contribution in [0.15, 0.2) is 41.5 Å². The SMILES string of the molecule is Cc1cc(CNCc2c(C=O)ccnc2NC(=O)c2cnco2)ncc1OCC(C)(F)F. The lowest BCUT2D eigenvalue weighted by Gasteiger charge is -2.15. The number of aryl methyl sites for hydroxylation is 1. The van der Waals surface area contributed by atoms with Gasteiger partial charge in [0.15, 0.2) is 19.3 Å². The van der Waals surface area contributed by atoms with Crippen LogP contribution in [0.5, 0.6) is 5.75 Å². The number of anilines is 1. The van der Waals surface area contributed by atoms with E-state index in [4.69, 9.17) is 9.15 Å². The first-order valence-corrected chi connectivity index (χ1v) is 9.56. The molecule has 0 saturated carbocycles. The minimum Gasteiger partial charge on any atom is -0.485 e. The van der Waals surface area contributed by atoms with Crippen LogP contribution in [0.2, 0.25) is 0 Å². The van der Waals surface area contributed by atoms with Crippen molar-refractivity contribution in [3.05, 3.63) is 65.3 Å². The fourth-order valence-corrected chi connectivity index (χ4v) is 2.78. The third kappa shape index (κ3) is 6.14. The summed E-state index contributed by atoms with van der Waals surface area (Å²) in [6, 6.07) is 3.25. The van der Waals surface area contributed by atoms with Gasteiger partial charge in [-0.1, -0.05) is 0 Å². The number of alkyl halides is 2. The summed E-state index contributed by atoms with van der Waals surface area (Å²) in [4.78, 5) is 35.8. The van der Waals surface area contributed by atoms with E-state index in [2.05, 4.69) is 25.6 Å². The maximum atomic E-state index is 13.0. The topological polar surface area (TPSA) is 119 Å². The van der Waals surface area contributed by atoms with Gasteiger partial charge in [-0.3, -0.25) is 14.6 Å². The maximum Gasteiger partial charge on any atom is 0.294 e. The lowest BCUT2D eigenvalue weighted by molar-refractivity contribution is -0.0232. The van der Waals surface area contributed by atoms with E-state index in [9.17, 15) is 18.4 Å². The molecule has 1 amide bonds. The van der Waals surface area contributed by atoms with Gasteiger partial charge in [-0.15, -0.1) is 0 Å². The highest BCUT2D eigenvalue weighted by Gasteiger charge is 2.22. The van der Waals surface area contributed by atoms with Crippen molar-refractivity contribution < 1.29 is 27.5 Å². The van der Waals surface area contributed by atoms with Gasteiger partial charge in [-0.25, -0.2) is 18.7 Å². The second-order valence-corrected chi connectivity index (χ2v) is 7.07. The molecule has 0 spiro atoms. The molecule has 11 heteroatoms. The van der Waals surface area contributed by atoms with E-state index in [0.717, 1.165) is 13.3 Å². The third-order valence-corrected chi connectivity index (χ3v) is 4.32. The number of nitrogens with one attached hydrogen (secondary N) is 2.